The molecule has 17 heavy (non-hydrogen) atoms. The number of para-hydroxylation sites is 1. The number of allylic oxidation sites excluding steroid dienone is 1. The van der Waals surface area contributed by atoms with Gasteiger partial charge in [-0.05, 0) is 24.5 Å². The lowest BCUT2D eigenvalue weighted by Gasteiger charge is -2.12. The van der Waals surface area contributed by atoms with Gasteiger partial charge in [0, 0.05) is 0 Å². The molecule has 0 radical (unpaired) electrons. The fraction of sp³-hybridized carbons (Fsp3) is 0.400. The summed E-state index contributed by atoms with van der Waals surface area (Å²) in [6.45, 7) is 6.54. The molecule has 2 nitrogen and oxygen atoms in total. The average molecular weight is 232 g/mol. The van der Waals surface area contributed by atoms with Crippen LogP contribution in [0.2, 0.25) is 0 Å². The molecule has 1 aromatic rings. The van der Waals surface area contributed by atoms with Crippen LogP contribution in [0.1, 0.15) is 42.1 Å². The summed E-state index contributed by atoms with van der Waals surface area (Å²) in [6.07, 6.45) is 6.74. The highest BCUT2D eigenvalue weighted by Crippen LogP contribution is 2.24. The highest BCUT2D eigenvalue weighted by Gasteiger charge is 2.07. The molecular weight excluding hydrogens is 212 g/mol. The molecule has 0 atom stereocenters. The molecule has 0 saturated heterocycles. The molecule has 92 valence electrons. The van der Waals surface area contributed by atoms with E-state index in [1.54, 1.807) is 6.07 Å². The minimum absolute atomic E-state index is 0.626. The number of hydrogen-bond acceptors (Lipinski definition) is 2. The Kier molecular flexibility index (Phi) is 6.08. The van der Waals surface area contributed by atoms with Crippen LogP contribution < -0.4 is 4.74 Å². The van der Waals surface area contributed by atoms with E-state index in [-0.39, 0.29) is 0 Å². The Morgan fingerprint density at radius 3 is 2.82 bits per heavy atom. The molecule has 0 aliphatic rings. The van der Waals surface area contributed by atoms with Crippen LogP contribution in [0.25, 0.3) is 0 Å². The third-order valence-electron chi connectivity index (χ3n) is 2.61. The van der Waals surface area contributed by atoms with E-state index in [9.17, 15) is 4.79 Å². The zero-order chi connectivity index (χ0) is 12.5. The van der Waals surface area contributed by atoms with Crippen LogP contribution in [-0.4, -0.2) is 12.9 Å². The summed E-state index contributed by atoms with van der Waals surface area (Å²) in [5, 5.41) is 0. The number of benzene rings is 1. The summed E-state index contributed by atoms with van der Waals surface area (Å²) in [5.41, 5.74) is 1.65. The second kappa shape index (κ2) is 7.66. The first-order valence-corrected chi connectivity index (χ1v) is 6.14. The fourth-order valence-corrected chi connectivity index (χ4v) is 1.72. The predicted molar refractivity (Wildman–Crippen MR) is 70.8 cm³/mol. The number of unbranched alkanes of at least 4 members (excludes halogenated alkanes) is 2. The van der Waals surface area contributed by atoms with E-state index in [0.717, 1.165) is 43.3 Å². The van der Waals surface area contributed by atoms with Crippen molar-refractivity contribution in [2.75, 3.05) is 6.61 Å². The second-order valence-corrected chi connectivity index (χ2v) is 4.00. The van der Waals surface area contributed by atoms with Gasteiger partial charge in [0.05, 0.1) is 12.2 Å². The van der Waals surface area contributed by atoms with Crippen molar-refractivity contribution in [2.45, 2.75) is 32.6 Å². The van der Waals surface area contributed by atoms with Crippen molar-refractivity contribution in [3.05, 3.63) is 42.0 Å². The normalized spacial score (nSPS) is 9.94. The maximum absolute atomic E-state index is 11.0. The molecule has 1 rings (SSSR count). The monoisotopic (exact) mass is 232 g/mol. The molecule has 0 aliphatic carbocycles. The molecule has 0 bridgehead atoms. The summed E-state index contributed by atoms with van der Waals surface area (Å²) in [6, 6.07) is 5.64. The molecule has 2 heteroatoms. The van der Waals surface area contributed by atoms with Crippen molar-refractivity contribution in [1.29, 1.82) is 0 Å². The van der Waals surface area contributed by atoms with E-state index >= 15 is 0 Å². The fourth-order valence-electron chi connectivity index (χ4n) is 1.72. The van der Waals surface area contributed by atoms with E-state index in [1.807, 2.05) is 18.2 Å². The number of aldehydes is 1. The minimum Gasteiger partial charge on any atom is -0.493 e. The number of rotatable bonds is 8. The molecule has 0 N–H and O–H groups in total. The lowest BCUT2D eigenvalue weighted by atomic mass is 10.1. The van der Waals surface area contributed by atoms with Crippen molar-refractivity contribution >= 4 is 6.29 Å². The SMILES string of the molecule is C=CCc1cccc(C=O)c1OCCCCC. The zero-order valence-corrected chi connectivity index (χ0v) is 10.4. The smallest absolute Gasteiger partial charge is 0.153 e. The van der Waals surface area contributed by atoms with E-state index in [0.29, 0.717) is 12.2 Å². The third-order valence-corrected chi connectivity index (χ3v) is 2.61. The van der Waals surface area contributed by atoms with E-state index in [2.05, 4.69) is 13.5 Å². The average Bonchev–Trinajstić information content (AvgIpc) is 2.36. The first-order chi connectivity index (χ1) is 8.33. The number of hydrogen-bond donors (Lipinski definition) is 0. The number of carbonyl (C=O) groups is 1. The van der Waals surface area contributed by atoms with Gasteiger partial charge in [-0.15, -0.1) is 6.58 Å². The molecule has 0 amide bonds. The van der Waals surface area contributed by atoms with E-state index in [1.165, 1.54) is 0 Å². The topological polar surface area (TPSA) is 26.3 Å². The third kappa shape index (κ3) is 4.06. The van der Waals surface area contributed by atoms with Crippen LogP contribution >= 0.6 is 0 Å². The Labute approximate surface area is 103 Å². The van der Waals surface area contributed by atoms with Gasteiger partial charge in [0.25, 0.3) is 0 Å². The Balaban J connectivity index is 2.77. The lowest BCUT2D eigenvalue weighted by molar-refractivity contribution is 0.111. The van der Waals surface area contributed by atoms with Crippen LogP contribution in [0.5, 0.6) is 5.75 Å². The number of ether oxygens (including phenoxy) is 1. The van der Waals surface area contributed by atoms with Crippen molar-refractivity contribution < 1.29 is 9.53 Å². The Hall–Kier alpha value is -1.57. The molecule has 0 unspecified atom stereocenters. The summed E-state index contributed by atoms with van der Waals surface area (Å²) < 4.78 is 5.73. The van der Waals surface area contributed by atoms with E-state index in [4.69, 9.17) is 4.74 Å². The maximum Gasteiger partial charge on any atom is 0.153 e. The summed E-state index contributed by atoms with van der Waals surface area (Å²) in [4.78, 5) is 11.0. The van der Waals surface area contributed by atoms with Crippen molar-refractivity contribution in [3.8, 4) is 5.75 Å². The second-order valence-electron chi connectivity index (χ2n) is 4.00. The zero-order valence-electron chi connectivity index (χ0n) is 10.4. The van der Waals surface area contributed by atoms with Gasteiger partial charge >= 0.3 is 0 Å². The summed E-state index contributed by atoms with van der Waals surface area (Å²) in [5.74, 6) is 0.721. The molecule has 0 aliphatic heterocycles. The molecule has 0 aromatic heterocycles. The lowest BCUT2D eigenvalue weighted by Crippen LogP contribution is -2.03. The van der Waals surface area contributed by atoms with Gasteiger partial charge in [0.1, 0.15) is 5.75 Å². The summed E-state index contributed by atoms with van der Waals surface area (Å²) in [7, 11) is 0. The van der Waals surface area contributed by atoms with Crippen LogP contribution in [-0.2, 0) is 6.42 Å². The standard InChI is InChI=1S/C15H20O2/c1-3-5-6-11-17-15-13(8-4-2)9-7-10-14(15)12-16/h4,7,9-10,12H,2-3,5-6,8,11H2,1H3. The first-order valence-electron chi connectivity index (χ1n) is 6.14. The molecule has 0 fully saturated rings. The highest BCUT2D eigenvalue weighted by molar-refractivity contribution is 5.80. The molecule has 0 saturated carbocycles. The van der Waals surface area contributed by atoms with Crippen molar-refractivity contribution in [2.24, 2.45) is 0 Å². The molecule has 1 aromatic carbocycles. The Bertz CT molecular complexity index is 369. The number of carbonyl (C=O) groups excluding carboxylic acids is 1. The van der Waals surface area contributed by atoms with Crippen LogP contribution in [0.15, 0.2) is 30.9 Å². The molecule has 0 spiro atoms. The van der Waals surface area contributed by atoms with Gasteiger partial charge in [0.2, 0.25) is 0 Å². The van der Waals surface area contributed by atoms with Gasteiger partial charge in [-0.3, -0.25) is 4.79 Å². The first kappa shape index (κ1) is 13.5. The van der Waals surface area contributed by atoms with Gasteiger partial charge in [-0.1, -0.05) is 38.0 Å². The molecular formula is C15H20O2. The maximum atomic E-state index is 11.0. The predicted octanol–water partition coefficient (Wildman–Crippen LogP) is 3.80. The van der Waals surface area contributed by atoms with Crippen molar-refractivity contribution in [3.63, 3.8) is 0 Å². The highest BCUT2D eigenvalue weighted by atomic mass is 16.5. The van der Waals surface area contributed by atoms with Crippen LogP contribution in [0.4, 0.5) is 0 Å². The molecule has 0 heterocycles. The summed E-state index contributed by atoms with van der Waals surface area (Å²) >= 11 is 0. The van der Waals surface area contributed by atoms with Gasteiger partial charge in [-0.25, -0.2) is 0 Å². The van der Waals surface area contributed by atoms with Crippen LogP contribution in [0.3, 0.4) is 0 Å². The minimum atomic E-state index is 0.626. The van der Waals surface area contributed by atoms with Crippen molar-refractivity contribution in [1.82, 2.24) is 0 Å². The van der Waals surface area contributed by atoms with Gasteiger partial charge in [0.15, 0.2) is 6.29 Å². The Morgan fingerprint density at radius 1 is 1.35 bits per heavy atom. The van der Waals surface area contributed by atoms with E-state index < -0.39 is 0 Å². The Morgan fingerprint density at radius 2 is 2.18 bits per heavy atom. The van der Waals surface area contributed by atoms with Gasteiger partial charge in [-0.2, -0.15) is 0 Å². The largest absolute Gasteiger partial charge is 0.493 e. The van der Waals surface area contributed by atoms with Crippen LogP contribution in [0, 0.1) is 0 Å². The quantitative estimate of drug-likeness (QED) is 0.387. The van der Waals surface area contributed by atoms with Gasteiger partial charge < -0.3 is 4.74 Å².